The number of esters is 1. The Morgan fingerprint density at radius 2 is 1.93 bits per heavy atom. The van der Waals surface area contributed by atoms with Crippen LogP contribution in [-0.2, 0) is 9.53 Å². The zero-order valence-corrected chi connectivity index (χ0v) is 16.8. The monoisotopic (exact) mass is 429 g/mol. The molecular formula is C20H19N3O6S. The van der Waals surface area contributed by atoms with E-state index >= 15 is 0 Å². The first-order chi connectivity index (χ1) is 14.5. The highest BCUT2D eigenvalue weighted by molar-refractivity contribution is 8.00. The molecule has 156 valence electrons. The number of thioether (sulfide) groups is 1. The molecule has 0 N–H and O–H groups in total. The van der Waals surface area contributed by atoms with E-state index in [9.17, 15) is 24.5 Å². The molecule has 1 aliphatic rings. The Kier molecular flexibility index (Phi) is 7.12. The highest BCUT2D eigenvalue weighted by atomic mass is 32.2. The second-order valence-corrected chi connectivity index (χ2v) is 7.50. The number of benzene rings is 1. The number of ketones is 1. The summed E-state index contributed by atoms with van der Waals surface area (Å²) in [5.41, 5.74) is 0.0124. The topological polar surface area (TPSA) is 120 Å². The standard InChI is InChI=1S/C20H19N3O6S/c24-17(14-5-3-6-15(11-14)23(27)28)12-29-20(26)16-7-4-8-21-19(16)30-13-18(25)22-9-1-2-10-22/h3-8,11H,1-2,9-10,12-13H2. The molecule has 2 heterocycles. The first kappa shape index (κ1) is 21.4. The summed E-state index contributed by atoms with van der Waals surface area (Å²) in [7, 11) is 0. The quantitative estimate of drug-likeness (QED) is 0.207. The highest BCUT2D eigenvalue weighted by Gasteiger charge is 2.21. The summed E-state index contributed by atoms with van der Waals surface area (Å²) < 4.78 is 5.08. The molecular weight excluding hydrogens is 410 g/mol. The van der Waals surface area contributed by atoms with Gasteiger partial charge in [0.1, 0.15) is 5.03 Å². The molecule has 1 aromatic carbocycles. The van der Waals surface area contributed by atoms with Gasteiger partial charge in [0.15, 0.2) is 6.61 Å². The molecule has 1 aromatic heterocycles. The van der Waals surface area contributed by atoms with Gasteiger partial charge in [-0.3, -0.25) is 19.7 Å². The van der Waals surface area contributed by atoms with E-state index in [-0.39, 0.29) is 28.5 Å². The molecule has 1 amide bonds. The van der Waals surface area contributed by atoms with Crippen LogP contribution in [0.3, 0.4) is 0 Å². The van der Waals surface area contributed by atoms with Crippen LogP contribution in [0.5, 0.6) is 0 Å². The van der Waals surface area contributed by atoms with Gasteiger partial charge in [0.2, 0.25) is 11.7 Å². The largest absolute Gasteiger partial charge is 0.454 e. The van der Waals surface area contributed by atoms with Gasteiger partial charge < -0.3 is 9.64 Å². The number of nitrogens with zero attached hydrogens (tertiary/aromatic N) is 3. The first-order valence-corrected chi connectivity index (χ1v) is 10.2. The second kappa shape index (κ2) is 9.97. The molecule has 9 nitrogen and oxygen atoms in total. The smallest absolute Gasteiger partial charge is 0.341 e. The molecule has 1 fully saturated rings. The van der Waals surface area contributed by atoms with Crippen molar-refractivity contribution in [2.75, 3.05) is 25.4 Å². The fourth-order valence-corrected chi connectivity index (χ4v) is 3.82. The number of likely N-dealkylation sites (tertiary alicyclic amines) is 1. The minimum atomic E-state index is -0.752. The molecule has 2 aromatic rings. The van der Waals surface area contributed by atoms with Crippen molar-refractivity contribution < 1.29 is 24.0 Å². The van der Waals surface area contributed by atoms with Crippen LogP contribution in [0.15, 0.2) is 47.6 Å². The fourth-order valence-electron chi connectivity index (χ4n) is 2.93. The Morgan fingerprint density at radius 1 is 1.17 bits per heavy atom. The number of Topliss-reactive ketones (excluding diaryl/α,β-unsaturated/α-hetero) is 1. The van der Waals surface area contributed by atoms with Crippen molar-refractivity contribution >= 4 is 35.1 Å². The van der Waals surface area contributed by atoms with Gasteiger partial charge in [0, 0.05) is 37.0 Å². The number of hydrogen-bond donors (Lipinski definition) is 0. The van der Waals surface area contributed by atoms with E-state index in [1.807, 2.05) is 0 Å². The third kappa shape index (κ3) is 5.41. The summed E-state index contributed by atoms with van der Waals surface area (Å²) in [4.78, 5) is 53.0. The summed E-state index contributed by atoms with van der Waals surface area (Å²) in [6.45, 7) is 0.929. The molecule has 0 saturated carbocycles. The first-order valence-electron chi connectivity index (χ1n) is 9.26. The number of ether oxygens (including phenoxy) is 1. The Labute approximate surface area is 176 Å². The molecule has 0 radical (unpaired) electrons. The molecule has 0 spiro atoms. The van der Waals surface area contributed by atoms with Gasteiger partial charge in [-0.25, -0.2) is 9.78 Å². The van der Waals surface area contributed by atoms with Gasteiger partial charge in [-0.15, -0.1) is 0 Å². The van der Waals surface area contributed by atoms with E-state index in [1.54, 1.807) is 11.0 Å². The van der Waals surface area contributed by atoms with Crippen molar-refractivity contribution in [3.63, 3.8) is 0 Å². The van der Waals surface area contributed by atoms with E-state index in [0.717, 1.165) is 43.8 Å². The normalized spacial score (nSPS) is 13.1. The van der Waals surface area contributed by atoms with Crippen LogP contribution >= 0.6 is 11.8 Å². The lowest BCUT2D eigenvalue weighted by molar-refractivity contribution is -0.384. The lowest BCUT2D eigenvalue weighted by atomic mass is 10.1. The number of hydrogen-bond acceptors (Lipinski definition) is 8. The molecule has 1 aliphatic heterocycles. The third-order valence-electron chi connectivity index (χ3n) is 4.50. The SMILES string of the molecule is O=C(COC(=O)c1cccnc1SCC(=O)N1CCCC1)c1cccc([N+](=O)[O-])c1. The number of carbonyl (C=O) groups excluding carboxylic acids is 3. The van der Waals surface area contributed by atoms with Gasteiger partial charge in [0.05, 0.1) is 16.2 Å². The Bertz CT molecular complexity index is 975. The van der Waals surface area contributed by atoms with Crippen LogP contribution in [0, 0.1) is 10.1 Å². The minimum Gasteiger partial charge on any atom is -0.454 e. The number of pyridine rings is 1. The molecule has 10 heteroatoms. The van der Waals surface area contributed by atoms with Crippen molar-refractivity contribution in [3.05, 3.63) is 63.8 Å². The number of nitro groups is 1. The van der Waals surface area contributed by atoms with Crippen LogP contribution in [-0.4, -0.2) is 57.9 Å². The average molecular weight is 429 g/mol. The van der Waals surface area contributed by atoms with Gasteiger partial charge in [-0.05, 0) is 25.0 Å². The highest BCUT2D eigenvalue weighted by Crippen LogP contribution is 2.22. The van der Waals surface area contributed by atoms with Crippen LogP contribution in [0.25, 0.3) is 0 Å². The van der Waals surface area contributed by atoms with E-state index in [4.69, 9.17) is 4.74 Å². The number of nitro benzene ring substituents is 1. The summed E-state index contributed by atoms with van der Waals surface area (Å²) in [6.07, 6.45) is 3.50. The van der Waals surface area contributed by atoms with E-state index in [0.29, 0.717) is 5.03 Å². The number of aromatic nitrogens is 1. The Balaban J connectivity index is 1.60. The van der Waals surface area contributed by atoms with Gasteiger partial charge >= 0.3 is 5.97 Å². The lowest BCUT2D eigenvalue weighted by Crippen LogP contribution is -2.29. The summed E-state index contributed by atoms with van der Waals surface area (Å²) in [5.74, 6) is -1.17. The number of amides is 1. The fraction of sp³-hybridized carbons (Fsp3) is 0.300. The molecule has 0 unspecified atom stereocenters. The maximum atomic E-state index is 12.4. The number of non-ortho nitro benzene ring substituents is 1. The van der Waals surface area contributed by atoms with Crippen molar-refractivity contribution in [1.82, 2.24) is 9.88 Å². The maximum Gasteiger partial charge on any atom is 0.341 e. The number of rotatable bonds is 8. The molecule has 3 rings (SSSR count). The van der Waals surface area contributed by atoms with E-state index in [1.165, 1.54) is 30.5 Å². The predicted octanol–water partition coefficient (Wildman–Crippen LogP) is 2.74. The van der Waals surface area contributed by atoms with Crippen LogP contribution in [0.4, 0.5) is 5.69 Å². The molecule has 0 aliphatic carbocycles. The molecule has 0 atom stereocenters. The van der Waals surface area contributed by atoms with Crippen molar-refractivity contribution in [2.24, 2.45) is 0 Å². The van der Waals surface area contributed by atoms with E-state index < -0.39 is 23.3 Å². The Morgan fingerprint density at radius 3 is 2.67 bits per heavy atom. The summed E-state index contributed by atoms with van der Waals surface area (Å²) in [6, 6.07) is 8.27. The van der Waals surface area contributed by atoms with Crippen LogP contribution in [0.1, 0.15) is 33.6 Å². The lowest BCUT2D eigenvalue weighted by Gasteiger charge is -2.15. The van der Waals surface area contributed by atoms with E-state index in [2.05, 4.69) is 4.98 Å². The van der Waals surface area contributed by atoms with Gasteiger partial charge in [-0.1, -0.05) is 23.9 Å². The zero-order valence-electron chi connectivity index (χ0n) is 16.0. The zero-order chi connectivity index (χ0) is 21.5. The van der Waals surface area contributed by atoms with Crippen LogP contribution < -0.4 is 0 Å². The van der Waals surface area contributed by atoms with Crippen molar-refractivity contribution in [1.29, 1.82) is 0 Å². The second-order valence-electron chi connectivity index (χ2n) is 6.54. The van der Waals surface area contributed by atoms with Gasteiger partial charge in [-0.2, -0.15) is 0 Å². The number of carbonyl (C=O) groups is 3. The Hall–Kier alpha value is -3.27. The predicted molar refractivity (Wildman–Crippen MR) is 108 cm³/mol. The maximum absolute atomic E-state index is 12.4. The molecule has 1 saturated heterocycles. The van der Waals surface area contributed by atoms with Crippen molar-refractivity contribution in [2.45, 2.75) is 17.9 Å². The molecule has 0 bridgehead atoms. The third-order valence-corrected chi connectivity index (χ3v) is 5.49. The van der Waals surface area contributed by atoms with Gasteiger partial charge in [0.25, 0.3) is 5.69 Å². The average Bonchev–Trinajstić information content (AvgIpc) is 3.31. The van der Waals surface area contributed by atoms with Crippen LogP contribution in [0.2, 0.25) is 0 Å². The summed E-state index contributed by atoms with van der Waals surface area (Å²) >= 11 is 1.14. The molecule has 30 heavy (non-hydrogen) atoms. The summed E-state index contributed by atoms with van der Waals surface area (Å²) in [5, 5.41) is 11.2. The minimum absolute atomic E-state index is 0.0108. The van der Waals surface area contributed by atoms with Crippen molar-refractivity contribution in [3.8, 4) is 0 Å².